The van der Waals surface area contributed by atoms with Crippen molar-refractivity contribution in [2.75, 3.05) is 39.3 Å². The Balaban J connectivity index is 1.44. The molecule has 2 amide bonds. The van der Waals surface area contributed by atoms with Gasteiger partial charge in [0.05, 0.1) is 11.6 Å². The number of benzene rings is 2. The van der Waals surface area contributed by atoms with Gasteiger partial charge in [0.1, 0.15) is 17.3 Å². The second-order valence-electron chi connectivity index (χ2n) is 6.71. The minimum Gasteiger partial charge on any atom is -0.492 e. The lowest BCUT2D eigenvalue weighted by Gasteiger charge is -2.34. The van der Waals surface area contributed by atoms with E-state index in [9.17, 15) is 13.2 Å². The quantitative estimate of drug-likeness (QED) is 0.705. The topological polar surface area (TPSA) is 79.0 Å². The Kier molecular flexibility index (Phi) is 7.00. The number of hydrogen-bond donors (Lipinski definition) is 1. The monoisotopic (exact) mass is 437 g/mol. The first kappa shape index (κ1) is 21.4. The van der Waals surface area contributed by atoms with Crippen LogP contribution in [0.3, 0.4) is 0 Å². The molecule has 0 bridgehead atoms. The van der Waals surface area contributed by atoms with Crippen molar-refractivity contribution in [1.82, 2.24) is 14.5 Å². The Bertz CT molecular complexity index is 942. The second kappa shape index (κ2) is 9.47. The SMILES string of the molecule is Cc1ccc(OCCNC(=O)N2CCN(S(=O)(=O)c3ccccc3Cl)CC2)cc1. The summed E-state index contributed by atoms with van der Waals surface area (Å²) in [5.41, 5.74) is 1.15. The average molecular weight is 438 g/mol. The number of rotatable bonds is 6. The highest BCUT2D eigenvalue weighted by Crippen LogP contribution is 2.25. The van der Waals surface area contributed by atoms with Crippen LogP contribution in [0.4, 0.5) is 4.79 Å². The number of nitrogens with one attached hydrogen (secondary N) is 1. The second-order valence-corrected chi connectivity index (χ2v) is 9.03. The summed E-state index contributed by atoms with van der Waals surface area (Å²) in [6, 6.07) is 13.8. The molecule has 2 aromatic carbocycles. The molecule has 29 heavy (non-hydrogen) atoms. The number of carbonyl (C=O) groups excluding carboxylic acids is 1. The molecule has 9 heteroatoms. The summed E-state index contributed by atoms with van der Waals surface area (Å²) in [6.45, 7) is 3.80. The molecule has 0 radical (unpaired) electrons. The average Bonchev–Trinajstić information content (AvgIpc) is 2.72. The van der Waals surface area contributed by atoms with Crippen molar-refractivity contribution in [2.24, 2.45) is 0 Å². The maximum absolute atomic E-state index is 12.8. The molecular weight excluding hydrogens is 414 g/mol. The van der Waals surface area contributed by atoms with Crippen molar-refractivity contribution >= 4 is 27.7 Å². The molecule has 0 spiro atoms. The molecule has 3 rings (SSSR count). The molecule has 0 aromatic heterocycles. The van der Waals surface area contributed by atoms with E-state index in [0.29, 0.717) is 26.2 Å². The third kappa shape index (κ3) is 5.41. The summed E-state index contributed by atoms with van der Waals surface area (Å²) in [6.07, 6.45) is 0. The van der Waals surface area contributed by atoms with Gasteiger partial charge in [-0.2, -0.15) is 4.31 Å². The van der Waals surface area contributed by atoms with Gasteiger partial charge in [0.25, 0.3) is 0 Å². The molecule has 1 fully saturated rings. The molecule has 1 N–H and O–H groups in total. The maximum atomic E-state index is 12.8. The number of hydrogen-bond acceptors (Lipinski definition) is 4. The van der Waals surface area contributed by atoms with Gasteiger partial charge in [0.2, 0.25) is 10.0 Å². The molecular formula is C20H24ClN3O4S. The molecule has 0 aliphatic carbocycles. The lowest BCUT2D eigenvalue weighted by molar-refractivity contribution is 0.170. The normalized spacial score (nSPS) is 15.2. The molecule has 0 saturated carbocycles. The summed E-state index contributed by atoms with van der Waals surface area (Å²) in [7, 11) is -3.67. The minimum absolute atomic E-state index is 0.0906. The van der Waals surface area contributed by atoms with E-state index >= 15 is 0 Å². The molecule has 7 nitrogen and oxygen atoms in total. The summed E-state index contributed by atoms with van der Waals surface area (Å²) in [4.78, 5) is 14.0. The zero-order chi connectivity index (χ0) is 20.9. The minimum atomic E-state index is -3.67. The summed E-state index contributed by atoms with van der Waals surface area (Å²) in [5.74, 6) is 0.753. The van der Waals surface area contributed by atoms with E-state index in [-0.39, 0.29) is 29.0 Å². The fourth-order valence-corrected chi connectivity index (χ4v) is 4.91. The number of amides is 2. The van der Waals surface area contributed by atoms with Crippen LogP contribution in [-0.4, -0.2) is 63.0 Å². The molecule has 156 valence electrons. The lowest BCUT2D eigenvalue weighted by atomic mass is 10.2. The van der Waals surface area contributed by atoms with Crippen molar-refractivity contribution in [3.8, 4) is 5.75 Å². The van der Waals surface area contributed by atoms with Crippen LogP contribution >= 0.6 is 11.6 Å². The van der Waals surface area contributed by atoms with Gasteiger partial charge in [-0.15, -0.1) is 0 Å². The van der Waals surface area contributed by atoms with Crippen LogP contribution in [0.5, 0.6) is 5.75 Å². The van der Waals surface area contributed by atoms with E-state index in [1.807, 2.05) is 31.2 Å². The first-order chi connectivity index (χ1) is 13.9. The van der Waals surface area contributed by atoms with Gasteiger partial charge in [-0.05, 0) is 31.2 Å². The number of aryl methyl sites for hydroxylation is 1. The molecule has 0 unspecified atom stereocenters. The Morgan fingerprint density at radius 3 is 2.38 bits per heavy atom. The van der Waals surface area contributed by atoms with Crippen molar-refractivity contribution in [1.29, 1.82) is 0 Å². The summed E-state index contributed by atoms with van der Waals surface area (Å²) >= 11 is 6.04. The molecule has 1 saturated heterocycles. The van der Waals surface area contributed by atoms with Gasteiger partial charge in [0.15, 0.2) is 0 Å². The van der Waals surface area contributed by atoms with Gasteiger partial charge in [-0.1, -0.05) is 41.4 Å². The van der Waals surface area contributed by atoms with Gasteiger partial charge < -0.3 is 15.0 Å². The first-order valence-electron chi connectivity index (χ1n) is 9.35. The molecule has 2 aromatic rings. The predicted molar refractivity (Wildman–Crippen MR) is 112 cm³/mol. The van der Waals surface area contributed by atoms with Crippen molar-refractivity contribution in [2.45, 2.75) is 11.8 Å². The zero-order valence-electron chi connectivity index (χ0n) is 16.2. The summed E-state index contributed by atoms with van der Waals surface area (Å²) in [5, 5.41) is 3.00. The fourth-order valence-electron chi connectivity index (χ4n) is 3.00. The number of halogens is 1. The van der Waals surface area contributed by atoms with E-state index < -0.39 is 10.0 Å². The van der Waals surface area contributed by atoms with Crippen molar-refractivity contribution < 1.29 is 17.9 Å². The van der Waals surface area contributed by atoms with Crippen LogP contribution < -0.4 is 10.1 Å². The smallest absolute Gasteiger partial charge is 0.317 e. The largest absolute Gasteiger partial charge is 0.492 e. The Labute approximate surface area is 176 Å². The van der Waals surface area contributed by atoms with Crippen molar-refractivity contribution in [3.63, 3.8) is 0 Å². The van der Waals surface area contributed by atoms with Crippen LogP contribution in [0.15, 0.2) is 53.4 Å². The van der Waals surface area contributed by atoms with E-state index in [0.717, 1.165) is 11.3 Å². The van der Waals surface area contributed by atoms with Gasteiger partial charge in [0, 0.05) is 26.2 Å². The predicted octanol–water partition coefficient (Wildman–Crippen LogP) is 2.74. The number of urea groups is 1. The molecule has 0 atom stereocenters. The summed E-state index contributed by atoms with van der Waals surface area (Å²) < 4.78 is 32.5. The van der Waals surface area contributed by atoms with E-state index in [1.165, 1.54) is 10.4 Å². The van der Waals surface area contributed by atoms with Crippen LogP contribution in [0.2, 0.25) is 5.02 Å². The van der Waals surface area contributed by atoms with Gasteiger partial charge >= 0.3 is 6.03 Å². The van der Waals surface area contributed by atoms with Crippen LogP contribution in [0, 0.1) is 6.92 Å². The van der Waals surface area contributed by atoms with E-state index in [4.69, 9.17) is 16.3 Å². The van der Waals surface area contributed by atoms with Crippen molar-refractivity contribution in [3.05, 3.63) is 59.1 Å². The number of nitrogens with zero attached hydrogens (tertiary/aromatic N) is 2. The maximum Gasteiger partial charge on any atom is 0.317 e. The highest BCUT2D eigenvalue weighted by Gasteiger charge is 2.31. The van der Waals surface area contributed by atoms with Crippen LogP contribution in [0.25, 0.3) is 0 Å². The van der Waals surface area contributed by atoms with Gasteiger partial charge in [-0.25, -0.2) is 13.2 Å². The highest BCUT2D eigenvalue weighted by molar-refractivity contribution is 7.89. The fraction of sp³-hybridized carbons (Fsp3) is 0.350. The van der Waals surface area contributed by atoms with E-state index in [2.05, 4.69) is 5.32 Å². The van der Waals surface area contributed by atoms with Crippen LogP contribution in [-0.2, 0) is 10.0 Å². The Morgan fingerprint density at radius 2 is 1.72 bits per heavy atom. The number of piperazine rings is 1. The Morgan fingerprint density at radius 1 is 1.07 bits per heavy atom. The third-order valence-electron chi connectivity index (χ3n) is 4.65. The van der Waals surface area contributed by atoms with Crippen LogP contribution in [0.1, 0.15) is 5.56 Å². The first-order valence-corrected chi connectivity index (χ1v) is 11.2. The van der Waals surface area contributed by atoms with Gasteiger partial charge in [-0.3, -0.25) is 0 Å². The molecule has 1 aliphatic rings. The standard InChI is InChI=1S/C20H24ClN3O4S/c1-16-6-8-17(9-7-16)28-15-10-22-20(25)23-11-13-24(14-12-23)29(26,27)19-5-3-2-4-18(19)21/h2-9H,10-15H2,1H3,(H,22,25). The lowest BCUT2D eigenvalue weighted by Crippen LogP contribution is -2.53. The number of ether oxygens (including phenoxy) is 1. The zero-order valence-corrected chi connectivity index (χ0v) is 17.7. The van der Waals surface area contributed by atoms with E-state index in [1.54, 1.807) is 23.1 Å². The number of sulfonamides is 1. The Hall–Kier alpha value is -2.29. The number of carbonyl (C=O) groups is 1. The molecule has 1 heterocycles. The highest BCUT2D eigenvalue weighted by atomic mass is 35.5. The molecule has 1 aliphatic heterocycles. The third-order valence-corrected chi connectivity index (χ3v) is 7.05.